The third-order valence-corrected chi connectivity index (χ3v) is 3.01. The van der Waals surface area contributed by atoms with E-state index >= 15 is 0 Å². The van der Waals surface area contributed by atoms with Crippen molar-refractivity contribution < 1.29 is 9.13 Å². The molecule has 0 heterocycles. The second kappa shape index (κ2) is 6.34. The Morgan fingerprint density at radius 1 is 1.05 bits per heavy atom. The van der Waals surface area contributed by atoms with Gasteiger partial charge in [0.05, 0.1) is 0 Å². The average Bonchev–Trinajstić information content (AvgIpc) is 2.42. The van der Waals surface area contributed by atoms with E-state index in [0.717, 1.165) is 12.0 Å². The summed E-state index contributed by atoms with van der Waals surface area (Å²) in [5.41, 5.74) is 8.31. The highest BCUT2D eigenvalue weighted by Crippen LogP contribution is 2.20. The SMILES string of the molecule is Cc1cccc(OCc2ccc(CCN)cc2)c1F. The molecule has 0 aliphatic carbocycles. The standard InChI is InChI=1S/C16H18FNO/c1-12-3-2-4-15(16(12)17)19-11-14-7-5-13(6-8-14)9-10-18/h2-8H,9-11,18H2,1H3. The van der Waals surface area contributed by atoms with Gasteiger partial charge < -0.3 is 10.5 Å². The summed E-state index contributed by atoms with van der Waals surface area (Å²) in [6.45, 7) is 2.73. The summed E-state index contributed by atoms with van der Waals surface area (Å²) in [6, 6.07) is 13.2. The molecule has 0 atom stereocenters. The van der Waals surface area contributed by atoms with Gasteiger partial charge in [-0.05, 0) is 42.6 Å². The van der Waals surface area contributed by atoms with E-state index in [4.69, 9.17) is 10.5 Å². The second-order valence-corrected chi connectivity index (χ2v) is 4.53. The van der Waals surface area contributed by atoms with Crippen LogP contribution in [-0.4, -0.2) is 6.54 Å². The summed E-state index contributed by atoms with van der Waals surface area (Å²) in [7, 11) is 0. The first-order valence-corrected chi connectivity index (χ1v) is 6.36. The summed E-state index contributed by atoms with van der Waals surface area (Å²) in [5.74, 6) is 0.00767. The van der Waals surface area contributed by atoms with Gasteiger partial charge in [-0.15, -0.1) is 0 Å². The lowest BCUT2D eigenvalue weighted by atomic mass is 10.1. The van der Waals surface area contributed by atoms with Crippen LogP contribution in [0.4, 0.5) is 4.39 Å². The van der Waals surface area contributed by atoms with Gasteiger partial charge in [0.25, 0.3) is 0 Å². The van der Waals surface area contributed by atoms with Gasteiger partial charge in [0.2, 0.25) is 0 Å². The van der Waals surface area contributed by atoms with Crippen LogP contribution in [0.3, 0.4) is 0 Å². The molecular weight excluding hydrogens is 241 g/mol. The molecule has 0 radical (unpaired) electrons. The molecule has 0 aliphatic heterocycles. The van der Waals surface area contributed by atoms with Crippen LogP contribution in [0, 0.1) is 12.7 Å². The van der Waals surface area contributed by atoms with Crippen LogP contribution in [-0.2, 0) is 13.0 Å². The van der Waals surface area contributed by atoms with Crippen molar-refractivity contribution in [3.05, 3.63) is 65.0 Å². The lowest BCUT2D eigenvalue weighted by Crippen LogP contribution is -2.03. The molecule has 0 saturated heterocycles. The molecule has 19 heavy (non-hydrogen) atoms. The fraction of sp³-hybridized carbons (Fsp3) is 0.250. The second-order valence-electron chi connectivity index (χ2n) is 4.53. The predicted molar refractivity (Wildman–Crippen MR) is 74.7 cm³/mol. The third kappa shape index (κ3) is 3.55. The molecule has 0 fully saturated rings. The lowest BCUT2D eigenvalue weighted by molar-refractivity contribution is 0.289. The molecular formula is C16H18FNO. The first-order valence-electron chi connectivity index (χ1n) is 6.36. The summed E-state index contributed by atoms with van der Waals surface area (Å²) < 4.78 is 19.2. The average molecular weight is 259 g/mol. The van der Waals surface area contributed by atoms with Gasteiger partial charge in [-0.3, -0.25) is 0 Å². The summed E-state index contributed by atoms with van der Waals surface area (Å²) in [5, 5.41) is 0. The molecule has 2 nitrogen and oxygen atoms in total. The number of rotatable bonds is 5. The van der Waals surface area contributed by atoms with Gasteiger partial charge in [-0.2, -0.15) is 0 Å². The van der Waals surface area contributed by atoms with Gasteiger partial charge in [-0.25, -0.2) is 4.39 Å². The number of hydrogen-bond donors (Lipinski definition) is 1. The van der Waals surface area contributed by atoms with Crippen molar-refractivity contribution in [3.63, 3.8) is 0 Å². The highest BCUT2D eigenvalue weighted by molar-refractivity contribution is 5.30. The van der Waals surface area contributed by atoms with Crippen molar-refractivity contribution in [2.24, 2.45) is 5.73 Å². The maximum Gasteiger partial charge on any atom is 0.167 e. The lowest BCUT2D eigenvalue weighted by Gasteiger charge is -2.09. The van der Waals surface area contributed by atoms with Crippen LogP contribution in [0.15, 0.2) is 42.5 Å². The minimum Gasteiger partial charge on any atom is -0.486 e. The Balaban J connectivity index is 2.00. The number of halogens is 1. The van der Waals surface area contributed by atoms with E-state index in [1.807, 2.05) is 24.3 Å². The van der Waals surface area contributed by atoms with Gasteiger partial charge in [0, 0.05) is 0 Å². The van der Waals surface area contributed by atoms with Gasteiger partial charge >= 0.3 is 0 Å². The minimum atomic E-state index is -0.290. The monoisotopic (exact) mass is 259 g/mol. The Morgan fingerprint density at radius 2 is 1.74 bits per heavy atom. The third-order valence-electron chi connectivity index (χ3n) is 3.01. The van der Waals surface area contributed by atoms with Crippen LogP contribution in [0.1, 0.15) is 16.7 Å². The molecule has 0 bridgehead atoms. The van der Waals surface area contributed by atoms with Crippen molar-refractivity contribution in [2.45, 2.75) is 20.0 Å². The highest BCUT2D eigenvalue weighted by atomic mass is 19.1. The van der Waals surface area contributed by atoms with Crippen molar-refractivity contribution in [1.29, 1.82) is 0 Å². The molecule has 0 saturated carbocycles. The van der Waals surface area contributed by atoms with E-state index in [2.05, 4.69) is 0 Å². The van der Waals surface area contributed by atoms with Gasteiger partial charge in [0.1, 0.15) is 6.61 Å². The van der Waals surface area contributed by atoms with Crippen molar-refractivity contribution >= 4 is 0 Å². The maximum atomic E-state index is 13.7. The van der Waals surface area contributed by atoms with E-state index in [9.17, 15) is 4.39 Å². The smallest absolute Gasteiger partial charge is 0.167 e. The summed E-state index contributed by atoms with van der Waals surface area (Å²) >= 11 is 0. The first kappa shape index (κ1) is 13.6. The number of ether oxygens (including phenoxy) is 1. The fourth-order valence-electron chi connectivity index (χ4n) is 1.86. The zero-order valence-corrected chi connectivity index (χ0v) is 11.0. The summed E-state index contributed by atoms with van der Waals surface area (Å²) in [4.78, 5) is 0. The van der Waals surface area contributed by atoms with Crippen LogP contribution >= 0.6 is 0 Å². The first-order chi connectivity index (χ1) is 9.20. The molecule has 0 spiro atoms. The van der Waals surface area contributed by atoms with Crippen molar-refractivity contribution in [3.8, 4) is 5.75 Å². The van der Waals surface area contributed by atoms with Gasteiger partial charge in [-0.1, -0.05) is 36.4 Å². The Hall–Kier alpha value is -1.87. The van der Waals surface area contributed by atoms with E-state index in [1.54, 1.807) is 25.1 Å². The van der Waals surface area contributed by atoms with E-state index in [-0.39, 0.29) is 5.82 Å². The van der Waals surface area contributed by atoms with Crippen molar-refractivity contribution in [2.75, 3.05) is 6.54 Å². The molecule has 0 amide bonds. The highest BCUT2D eigenvalue weighted by Gasteiger charge is 2.05. The molecule has 2 rings (SSSR count). The Labute approximate surface area is 113 Å². The Bertz CT molecular complexity index is 537. The Morgan fingerprint density at radius 3 is 2.42 bits per heavy atom. The Kier molecular flexibility index (Phi) is 4.53. The molecule has 0 unspecified atom stereocenters. The zero-order valence-electron chi connectivity index (χ0n) is 11.0. The van der Waals surface area contributed by atoms with Crippen LogP contribution < -0.4 is 10.5 Å². The molecule has 2 N–H and O–H groups in total. The molecule has 3 heteroatoms. The maximum absolute atomic E-state index is 13.7. The van der Waals surface area contributed by atoms with Crippen molar-refractivity contribution in [1.82, 2.24) is 0 Å². The fourth-order valence-corrected chi connectivity index (χ4v) is 1.86. The van der Waals surface area contributed by atoms with E-state index < -0.39 is 0 Å². The van der Waals surface area contributed by atoms with Crippen LogP contribution in [0.25, 0.3) is 0 Å². The zero-order chi connectivity index (χ0) is 13.7. The minimum absolute atomic E-state index is 0.290. The molecule has 100 valence electrons. The number of nitrogens with two attached hydrogens (primary N) is 1. The number of benzene rings is 2. The van der Waals surface area contributed by atoms with Crippen LogP contribution in [0.5, 0.6) is 5.75 Å². The van der Waals surface area contributed by atoms with E-state index in [0.29, 0.717) is 24.5 Å². The number of hydrogen-bond acceptors (Lipinski definition) is 2. The molecule has 2 aromatic carbocycles. The largest absolute Gasteiger partial charge is 0.486 e. The number of aryl methyl sites for hydroxylation is 1. The normalized spacial score (nSPS) is 10.5. The topological polar surface area (TPSA) is 35.2 Å². The summed E-state index contributed by atoms with van der Waals surface area (Å²) in [6.07, 6.45) is 0.869. The molecule has 2 aromatic rings. The van der Waals surface area contributed by atoms with E-state index in [1.165, 1.54) is 5.56 Å². The van der Waals surface area contributed by atoms with Gasteiger partial charge in [0.15, 0.2) is 11.6 Å². The quantitative estimate of drug-likeness (QED) is 0.894. The molecule has 0 aromatic heterocycles. The predicted octanol–water partition coefficient (Wildman–Crippen LogP) is 3.21. The van der Waals surface area contributed by atoms with Crippen LogP contribution in [0.2, 0.25) is 0 Å². The molecule has 0 aliphatic rings.